The maximum atomic E-state index is 12.2. The number of hydrogen-bond donors (Lipinski definition) is 3. The largest absolute Gasteiger partial charge is 0.368 e. The van der Waals surface area contributed by atoms with E-state index in [4.69, 9.17) is 5.73 Å². The highest BCUT2D eigenvalue weighted by Crippen LogP contribution is 2.35. The SMILES string of the molecule is C[C@@H](NC(=O)CCC(=O)N[C@H](CC#C[Si](C)(C)C(C)(C)C)C(N)=O)c1ccccc1. The zero-order chi connectivity index (χ0) is 22.9. The molecule has 2 atom stereocenters. The predicted octanol–water partition coefficient (Wildman–Crippen LogP) is 3.06. The van der Waals surface area contributed by atoms with Crippen LogP contribution in [0, 0.1) is 11.5 Å². The lowest BCUT2D eigenvalue weighted by molar-refractivity contribution is -0.129. The molecule has 0 heterocycles. The second kappa shape index (κ2) is 11.0. The van der Waals surface area contributed by atoms with Crippen LogP contribution in [-0.4, -0.2) is 31.8 Å². The Morgan fingerprint density at radius 3 is 2.07 bits per heavy atom. The fourth-order valence-electron chi connectivity index (χ4n) is 2.42. The fraction of sp³-hybridized carbons (Fsp3) is 0.522. The van der Waals surface area contributed by atoms with Crippen molar-refractivity contribution in [3.63, 3.8) is 0 Å². The van der Waals surface area contributed by atoms with Crippen molar-refractivity contribution in [3.05, 3.63) is 35.9 Å². The summed E-state index contributed by atoms with van der Waals surface area (Å²) in [6.07, 6.45) is 0.182. The molecule has 30 heavy (non-hydrogen) atoms. The molecule has 0 saturated carbocycles. The second-order valence-corrected chi connectivity index (χ2v) is 14.1. The van der Waals surface area contributed by atoms with E-state index in [0.717, 1.165) is 5.56 Å². The third-order valence-electron chi connectivity index (χ3n) is 5.52. The van der Waals surface area contributed by atoms with Gasteiger partial charge in [-0.2, -0.15) is 0 Å². The third-order valence-corrected chi connectivity index (χ3v) is 10.1. The van der Waals surface area contributed by atoms with Gasteiger partial charge in [0.05, 0.1) is 6.04 Å². The Hall–Kier alpha value is -2.59. The van der Waals surface area contributed by atoms with Crippen molar-refractivity contribution in [3.8, 4) is 11.5 Å². The van der Waals surface area contributed by atoms with E-state index in [0.29, 0.717) is 0 Å². The van der Waals surface area contributed by atoms with E-state index in [2.05, 4.69) is 56.0 Å². The highest BCUT2D eigenvalue weighted by molar-refractivity contribution is 6.87. The molecule has 7 heteroatoms. The molecule has 0 spiro atoms. The summed E-state index contributed by atoms with van der Waals surface area (Å²) < 4.78 is 0. The number of benzene rings is 1. The van der Waals surface area contributed by atoms with Gasteiger partial charge in [0, 0.05) is 19.3 Å². The lowest BCUT2D eigenvalue weighted by atomic mass is 10.1. The van der Waals surface area contributed by atoms with Crippen LogP contribution in [0.25, 0.3) is 0 Å². The summed E-state index contributed by atoms with van der Waals surface area (Å²) in [7, 11) is -1.80. The van der Waals surface area contributed by atoms with Gasteiger partial charge >= 0.3 is 0 Å². The molecular weight excluding hydrogens is 394 g/mol. The van der Waals surface area contributed by atoms with Gasteiger partial charge in [-0.1, -0.05) is 64.2 Å². The molecule has 0 saturated heterocycles. The fourth-order valence-corrected chi connectivity index (χ4v) is 3.34. The quantitative estimate of drug-likeness (QED) is 0.437. The van der Waals surface area contributed by atoms with Crippen molar-refractivity contribution < 1.29 is 14.4 Å². The summed E-state index contributed by atoms with van der Waals surface area (Å²) in [6, 6.07) is 8.58. The van der Waals surface area contributed by atoms with E-state index < -0.39 is 25.9 Å². The summed E-state index contributed by atoms with van der Waals surface area (Å²) in [6.45, 7) is 12.7. The Kier molecular flexibility index (Phi) is 9.31. The van der Waals surface area contributed by atoms with Crippen LogP contribution in [0.2, 0.25) is 18.1 Å². The molecule has 0 aromatic heterocycles. The normalized spacial score (nSPS) is 13.4. The number of carbonyl (C=O) groups is 3. The average molecular weight is 430 g/mol. The summed E-state index contributed by atoms with van der Waals surface area (Å²) in [4.78, 5) is 36.0. The minimum Gasteiger partial charge on any atom is -0.368 e. The van der Waals surface area contributed by atoms with Crippen molar-refractivity contribution in [2.75, 3.05) is 0 Å². The Balaban J connectivity index is 2.54. The highest BCUT2D eigenvalue weighted by atomic mass is 28.3. The standard InChI is InChI=1S/C23H35N3O3Si/c1-17(18-11-8-7-9-12-18)25-20(27)14-15-21(28)26-19(22(24)29)13-10-16-30(5,6)23(2,3)4/h7-9,11-12,17,19H,13-15H2,1-6H3,(H2,24,29)(H,25,27)(H,26,28)/t17-,19-/m1/s1. The van der Waals surface area contributed by atoms with E-state index in [1.54, 1.807) is 0 Å². The Morgan fingerprint density at radius 2 is 1.57 bits per heavy atom. The van der Waals surface area contributed by atoms with Gasteiger partial charge in [-0.25, -0.2) is 0 Å². The van der Waals surface area contributed by atoms with Crippen LogP contribution in [0.15, 0.2) is 30.3 Å². The van der Waals surface area contributed by atoms with E-state index in [1.165, 1.54) is 0 Å². The average Bonchev–Trinajstić information content (AvgIpc) is 2.65. The molecule has 0 bridgehead atoms. The maximum absolute atomic E-state index is 12.2. The summed E-state index contributed by atoms with van der Waals surface area (Å²) >= 11 is 0. The molecule has 0 unspecified atom stereocenters. The third kappa shape index (κ3) is 8.42. The van der Waals surface area contributed by atoms with Crippen LogP contribution in [0.3, 0.4) is 0 Å². The van der Waals surface area contributed by atoms with Gasteiger partial charge in [-0.15, -0.1) is 11.5 Å². The molecule has 1 aromatic carbocycles. The molecule has 0 aliphatic rings. The molecular formula is C23H35N3O3Si. The first kappa shape index (κ1) is 25.4. The number of rotatable bonds is 8. The van der Waals surface area contributed by atoms with Gasteiger partial charge in [-0.05, 0) is 17.5 Å². The van der Waals surface area contributed by atoms with Crippen molar-refractivity contribution in [1.82, 2.24) is 10.6 Å². The molecule has 1 rings (SSSR count). The predicted molar refractivity (Wildman–Crippen MR) is 123 cm³/mol. The minimum absolute atomic E-state index is 0.0210. The van der Waals surface area contributed by atoms with Gasteiger partial charge in [-0.3, -0.25) is 14.4 Å². The lowest BCUT2D eigenvalue weighted by Crippen LogP contribution is -2.44. The molecule has 3 amide bonds. The van der Waals surface area contributed by atoms with Crippen LogP contribution in [0.1, 0.15) is 58.6 Å². The first-order valence-electron chi connectivity index (χ1n) is 10.3. The van der Waals surface area contributed by atoms with Gasteiger partial charge in [0.2, 0.25) is 17.7 Å². The molecule has 1 aromatic rings. The van der Waals surface area contributed by atoms with E-state index >= 15 is 0 Å². The Bertz CT molecular complexity index is 804. The van der Waals surface area contributed by atoms with Crippen molar-refractivity contribution in [2.45, 2.75) is 77.2 Å². The lowest BCUT2D eigenvalue weighted by Gasteiger charge is -2.31. The van der Waals surface area contributed by atoms with Gasteiger partial charge in [0.25, 0.3) is 0 Å². The molecule has 4 N–H and O–H groups in total. The van der Waals surface area contributed by atoms with Crippen LogP contribution >= 0.6 is 0 Å². The highest BCUT2D eigenvalue weighted by Gasteiger charge is 2.33. The van der Waals surface area contributed by atoms with Crippen LogP contribution in [0.4, 0.5) is 0 Å². The van der Waals surface area contributed by atoms with E-state index in [9.17, 15) is 14.4 Å². The first-order chi connectivity index (χ1) is 13.8. The zero-order valence-electron chi connectivity index (χ0n) is 19.0. The second-order valence-electron chi connectivity index (χ2n) is 9.10. The summed E-state index contributed by atoms with van der Waals surface area (Å²) in [5, 5.41) is 5.57. The maximum Gasteiger partial charge on any atom is 0.240 e. The zero-order valence-corrected chi connectivity index (χ0v) is 20.0. The summed E-state index contributed by atoms with van der Waals surface area (Å²) in [5.74, 6) is 1.80. The van der Waals surface area contributed by atoms with E-state index in [-0.39, 0.29) is 36.2 Å². The molecule has 164 valence electrons. The molecule has 0 aliphatic carbocycles. The Morgan fingerprint density at radius 1 is 1.03 bits per heavy atom. The molecule has 6 nitrogen and oxygen atoms in total. The van der Waals surface area contributed by atoms with E-state index in [1.807, 2.05) is 37.3 Å². The van der Waals surface area contributed by atoms with Crippen LogP contribution < -0.4 is 16.4 Å². The van der Waals surface area contributed by atoms with Crippen molar-refractivity contribution in [1.29, 1.82) is 0 Å². The first-order valence-corrected chi connectivity index (χ1v) is 13.3. The summed E-state index contributed by atoms with van der Waals surface area (Å²) in [5.41, 5.74) is 9.72. The van der Waals surface area contributed by atoms with Crippen LogP contribution in [0.5, 0.6) is 0 Å². The number of amides is 3. The van der Waals surface area contributed by atoms with Gasteiger partial charge in [0.1, 0.15) is 14.1 Å². The van der Waals surface area contributed by atoms with Crippen molar-refractivity contribution >= 4 is 25.8 Å². The molecule has 0 radical (unpaired) electrons. The van der Waals surface area contributed by atoms with Gasteiger partial charge in [0.15, 0.2) is 0 Å². The van der Waals surface area contributed by atoms with Crippen molar-refractivity contribution in [2.24, 2.45) is 5.73 Å². The number of nitrogens with two attached hydrogens (primary N) is 1. The topological polar surface area (TPSA) is 101 Å². The minimum atomic E-state index is -1.80. The monoisotopic (exact) mass is 429 g/mol. The number of nitrogens with one attached hydrogen (secondary N) is 2. The number of carbonyl (C=O) groups excluding carboxylic acids is 3. The van der Waals surface area contributed by atoms with Gasteiger partial charge < -0.3 is 16.4 Å². The smallest absolute Gasteiger partial charge is 0.240 e. The molecule has 0 fully saturated rings. The van der Waals surface area contributed by atoms with Crippen LogP contribution in [-0.2, 0) is 14.4 Å². The number of hydrogen-bond acceptors (Lipinski definition) is 3. The Labute approximate surface area is 181 Å². The number of primary amides is 1. The molecule has 0 aliphatic heterocycles.